The Labute approximate surface area is 187 Å². The molecule has 9 heteroatoms. The van der Waals surface area contributed by atoms with Crippen molar-refractivity contribution in [1.82, 2.24) is 19.7 Å². The molecule has 0 aliphatic heterocycles. The van der Waals surface area contributed by atoms with Crippen LogP contribution in [0.15, 0.2) is 33.9 Å². The molecule has 1 aromatic carbocycles. The average molecular weight is 461 g/mol. The molecule has 0 spiro atoms. The lowest BCUT2D eigenvalue weighted by atomic mass is 9.90. The Hall–Kier alpha value is -1.87. The topological polar surface area (TPSA) is 77.0 Å². The molecule has 156 valence electrons. The Kier molecular flexibility index (Phi) is 5.58. The van der Waals surface area contributed by atoms with E-state index in [1.165, 1.54) is 28.6 Å². The van der Waals surface area contributed by atoms with E-state index in [2.05, 4.69) is 28.2 Å². The van der Waals surface area contributed by atoms with E-state index in [9.17, 15) is 5.11 Å². The maximum atomic E-state index is 9.46. The molecule has 1 aliphatic rings. The number of nitrogens with zero attached hydrogens (tertiary/aromatic N) is 4. The van der Waals surface area contributed by atoms with Crippen LogP contribution in [0, 0.1) is 5.92 Å². The fraction of sp³-hybridized carbons (Fsp3) is 0.381. The molecule has 0 bridgehead atoms. The SMILES string of the molecule is C[C@H]1CCc2sc(-c3nnc(SCc4nc5ccc(Cl)cc5n4CCO)o3)cc2C1. The van der Waals surface area contributed by atoms with E-state index in [1.807, 2.05) is 22.8 Å². The molecule has 30 heavy (non-hydrogen) atoms. The molecule has 6 nitrogen and oxygen atoms in total. The van der Waals surface area contributed by atoms with Crippen molar-refractivity contribution in [2.75, 3.05) is 6.61 Å². The van der Waals surface area contributed by atoms with Gasteiger partial charge in [-0.3, -0.25) is 0 Å². The van der Waals surface area contributed by atoms with Crippen LogP contribution >= 0.6 is 34.7 Å². The van der Waals surface area contributed by atoms with Gasteiger partial charge in [-0.15, -0.1) is 21.5 Å². The average Bonchev–Trinajstić information content (AvgIpc) is 3.43. The van der Waals surface area contributed by atoms with Crippen molar-refractivity contribution >= 4 is 45.7 Å². The molecular weight excluding hydrogens is 440 g/mol. The summed E-state index contributed by atoms with van der Waals surface area (Å²) in [6.45, 7) is 2.79. The summed E-state index contributed by atoms with van der Waals surface area (Å²) in [5, 5.41) is 19.1. The summed E-state index contributed by atoms with van der Waals surface area (Å²) in [7, 11) is 0. The number of aliphatic hydroxyl groups excluding tert-OH is 1. The van der Waals surface area contributed by atoms with E-state index in [-0.39, 0.29) is 6.61 Å². The number of thioether (sulfide) groups is 1. The third kappa shape index (κ3) is 3.89. The lowest BCUT2D eigenvalue weighted by molar-refractivity contribution is 0.276. The predicted octanol–water partition coefficient (Wildman–Crippen LogP) is 5.21. The zero-order chi connectivity index (χ0) is 20.7. The molecule has 0 radical (unpaired) electrons. The number of imidazole rings is 1. The van der Waals surface area contributed by atoms with Gasteiger partial charge in [0.2, 0.25) is 0 Å². The summed E-state index contributed by atoms with van der Waals surface area (Å²) in [6, 6.07) is 7.80. The Morgan fingerprint density at radius 3 is 3.10 bits per heavy atom. The van der Waals surface area contributed by atoms with Gasteiger partial charge in [-0.25, -0.2) is 4.98 Å². The first-order valence-corrected chi connectivity index (χ1v) is 12.1. The zero-order valence-corrected chi connectivity index (χ0v) is 18.9. The third-order valence-corrected chi connectivity index (χ3v) is 7.66. The number of thiophene rings is 1. The molecule has 3 aromatic heterocycles. The second-order valence-corrected chi connectivity index (χ2v) is 10.1. The number of hydrogen-bond donors (Lipinski definition) is 1. The highest BCUT2D eigenvalue weighted by molar-refractivity contribution is 7.98. The van der Waals surface area contributed by atoms with Crippen LogP contribution < -0.4 is 0 Å². The van der Waals surface area contributed by atoms with E-state index in [4.69, 9.17) is 16.0 Å². The second kappa shape index (κ2) is 8.34. The molecule has 1 N–H and O–H groups in total. The van der Waals surface area contributed by atoms with Gasteiger partial charge in [-0.05, 0) is 55.0 Å². The summed E-state index contributed by atoms with van der Waals surface area (Å²) in [5.41, 5.74) is 3.20. The van der Waals surface area contributed by atoms with Crippen LogP contribution in [0.25, 0.3) is 21.8 Å². The summed E-state index contributed by atoms with van der Waals surface area (Å²) < 4.78 is 7.92. The van der Waals surface area contributed by atoms with Crippen molar-refractivity contribution in [1.29, 1.82) is 0 Å². The monoisotopic (exact) mass is 460 g/mol. The number of benzene rings is 1. The molecule has 0 saturated carbocycles. The van der Waals surface area contributed by atoms with Gasteiger partial charge >= 0.3 is 0 Å². The van der Waals surface area contributed by atoms with E-state index >= 15 is 0 Å². The highest BCUT2D eigenvalue weighted by Crippen LogP contribution is 2.37. The molecule has 0 fully saturated rings. The van der Waals surface area contributed by atoms with Crippen LogP contribution in [-0.2, 0) is 25.1 Å². The second-order valence-electron chi connectivity index (χ2n) is 7.61. The Morgan fingerprint density at radius 1 is 1.33 bits per heavy atom. The van der Waals surface area contributed by atoms with Crippen LogP contribution in [0.2, 0.25) is 5.02 Å². The number of aryl methyl sites for hydroxylation is 1. The summed E-state index contributed by atoms with van der Waals surface area (Å²) in [5.74, 6) is 2.72. The Morgan fingerprint density at radius 2 is 2.23 bits per heavy atom. The van der Waals surface area contributed by atoms with Gasteiger partial charge < -0.3 is 14.1 Å². The lowest BCUT2D eigenvalue weighted by Gasteiger charge is -2.16. The van der Waals surface area contributed by atoms with E-state index < -0.39 is 0 Å². The van der Waals surface area contributed by atoms with Crippen LogP contribution in [0.4, 0.5) is 0 Å². The van der Waals surface area contributed by atoms with E-state index in [1.54, 1.807) is 11.3 Å². The van der Waals surface area contributed by atoms with Crippen LogP contribution in [0.3, 0.4) is 0 Å². The normalized spacial score (nSPS) is 16.3. The van der Waals surface area contributed by atoms with Crippen molar-refractivity contribution in [3.05, 3.63) is 45.6 Å². The molecule has 0 amide bonds. The van der Waals surface area contributed by atoms with Gasteiger partial charge in [0, 0.05) is 16.4 Å². The van der Waals surface area contributed by atoms with Gasteiger partial charge in [0.15, 0.2) is 0 Å². The van der Waals surface area contributed by atoms with Crippen LogP contribution in [-0.4, -0.2) is 31.5 Å². The fourth-order valence-corrected chi connectivity index (χ4v) is 5.92. The van der Waals surface area contributed by atoms with Gasteiger partial charge in [-0.2, -0.15) is 0 Å². The lowest BCUT2D eigenvalue weighted by Crippen LogP contribution is -2.07. The molecule has 1 atom stereocenters. The quantitative estimate of drug-likeness (QED) is 0.398. The van der Waals surface area contributed by atoms with Gasteiger partial charge in [0.1, 0.15) is 5.82 Å². The Balaban J connectivity index is 1.35. The summed E-state index contributed by atoms with van der Waals surface area (Å²) in [6.07, 6.45) is 3.52. The zero-order valence-electron chi connectivity index (χ0n) is 16.5. The first-order valence-electron chi connectivity index (χ1n) is 9.94. The number of hydrogen-bond acceptors (Lipinski definition) is 7. The highest BCUT2D eigenvalue weighted by Gasteiger charge is 2.21. The predicted molar refractivity (Wildman–Crippen MR) is 120 cm³/mol. The molecule has 3 heterocycles. The summed E-state index contributed by atoms with van der Waals surface area (Å²) in [4.78, 5) is 7.19. The van der Waals surface area contributed by atoms with Crippen molar-refractivity contribution in [2.45, 2.75) is 43.7 Å². The van der Waals surface area contributed by atoms with Crippen molar-refractivity contribution in [3.63, 3.8) is 0 Å². The van der Waals surface area contributed by atoms with Gasteiger partial charge in [-0.1, -0.05) is 30.3 Å². The number of aliphatic hydroxyl groups is 1. The van der Waals surface area contributed by atoms with Gasteiger partial charge in [0.25, 0.3) is 11.1 Å². The van der Waals surface area contributed by atoms with E-state index in [0.717, 1.165) is 40.5 Å². The molecule has 1 aliphatic carbocycles. The molecule has 0 unspecified atom stereocenters. The third-order valence-electron chi connectivity index (χ3n) is 5.38. The number of aromatic nitrogens is 4. The number of fused-ring (bicyclic) bond motifs is 2. The Bertz CT molecular complexity index is 1200. The first-order chi connectivity index (χ1) is 14.6. The van der Waals surface area contributed by atoms with Crippen molar-refractivity contribution in [3.8, 4) is 10.8 Å². The summed E-state index contributed by atoms with van der Waals surface area (Å²) >= 11 is 9.36. The molecule has 5 rings (SSSR count). The molecule has 4 aromatic rings. The first kappa shape index (κ1) is 20.1. The van der Waals surface area contributed by atoms with E-state index in [0.29, 0.717) is 28.4 Å². The number of rotatable bonds is 6. The van der Waals surface area contributed by atoms with Crippen molar-refractivity contribution in [2.24, 2.45) is 5.92 Å². The minimum Gasteiger partial charge on any atom is -0.410 e. The number of halogens is 1. The van der Waals surface area contributed by atoms with Crippen LogP contribution in [0.1, 0.15) is 29.6 Å². The largest absolute Gasteiger partial charge is 0.410 e. The standard InChI is InChI=1S/C21H21ClN4O2S2/c1-12-2-5-17-13(8-12)9-18(30-17)20-24-25-21(28-20)29-11-19-23-15-4-3-14(22)10-16(15)26(19)6-7-27/h3-4,9-10,12,27H,2,5-8,11H2,1H3/t12-/m0/s1. The van der Waals surface area contributed by atoms with Gasteiger partial charge in [0.05, 0.1) is 28.3 Å². The van der Waals surface area contributed by atoms with Crippen LogP contribution in [0.5, 0.6) is 0 Å². The minimum atomic E-state index is 0.0298. The smallest absolute Gasteiger partial charge is 0.277 e. The maximum Gasteiger partial charge on any atom is 0.277 e. The minimum absolute atomic E-state index is 0.0298. The maximum absolute atomic E-state index is 9.46. The molecule has 0 saturated heterocycles. The fourth-order valence-electron chi connectivity index (χ4n) is 3.91. The molecular formula is C21H21ClN4O2S2. The van der Waals surface area contributed by atoms with Crippen molar-refractivity contribution < 1.29 is 9.52 Å². The highest BCUT2D eigenvalue weighted by atomic mass is 35.5.